The highest BCUT2D eigenvalue weighted by atomic mass is 32.2. The third-order valence-electron chi connectivity index (χ3n) is 3.76. The number of thioether (sulfide) groups is 1. The average molecular weight is 341 g/mol. The van der Waals surface area contributed by atoms with Gasteiger partial charge in [-0.05, 0) is 23.6 Å². The highest BCUT2D eigenvalue weighted by Gasteiger charge is 2.13. The molecule has 0 N–H and O–H groups in total. The molecule has 0 saturated carbocycles. The van der Waals surface area contributed by atoms with E-state index >= 15 is 0 Å². The molecular formula is C19H20FN3S. The number of benzene rings is 2. The highest BCUT2D eigenvalue weighted by molar-refractivity contribution is 7.98. The van der Waals surface area contributed by atoms with E-state index in [0.29, 0.717) is 11.3 Å². The van der Waals surface area contributed by atoms with Crippen molar-refractivity contribution in [3.8, 4) is 0 Å². The summed E-state index contributed by atoms with van der Waals surface area (Å²) in [5.74, 6) is 1.34. The van der Waals surface area contributed by atoms with E-state index in [4.69, 9.17) is 0 Å². The van der Waals surface area contributed by atoms with Gasteiger partial charge in [0.25, 0.3) is 0 Å². The third kappa shape index (κ3) is 4.03. The summed E-state index contributed by atoms with van der Waals surface area (Å²) < 4.78 is 15.9. The van der Waals surface area contributed by atoms with E-state index in [1.165, 1.54) is 23.4 Å². The molecule has 0 fully saturated rings. The van der Waals surface area contributed by atoms with Crippen LogP contribution < -0.4 is 0 Å². The second-order valence-electron chi connectivity index (χ2n) is 5.59. The molecule has 0 atom stereocenters. The van der Waals surface area contributed by atoms with Gasteiger partial charge in [-0.1, -0.05) is 67.2 Å². The molecule has 0 aliphatic heterocycles. The second kappa shape index (κ2) is 8.11. The van der Waals surface area contributed by atoms with E-state index in [-0.39, 0.29) is 5.82 Å². The normalized spacial score (nSPS) is 10.9. The molecule has 1 heterocycles. The molecule has 3 nitrogen and oxygen atoms in total. The first-order chi connectivity index (χ1) is 11.8. The van der Waals surface area contributed by atoms with Crippen molar-refractivity contribution < 1.29 is 4.39 Å². The summed E-state index contributed by atoms with van der Waals surface area (Å²) in [4.78, 5) is 0. The Morgan fingerprint density at radius 3 is 2.50 bits per heavy atom. The van der Waals surface area contributed by atoms with Crippen molar-refractivity contribution in [3.05, 3.63) is 77.4 Å². The van der Waals surface area contributed by atoms with Crippen LogP contribution in [0.25, 0.3) is 0 Å². The molecule has 0 aliphatic rings. The highest BCUT2D eigenvalue weighted by Crippen LogP contribution is 2.24. The molecule has 3 aromatic rings. The molecule has 0 spiro atoms. The molecule has 3 rings (SSSR count). The van der Waals surface area contributed by atoms with Crippen LogP contribution in [0.5, 0.6) is 0 Å². The van der Waals surface area contributed by atoms with Crippen molar-refractivity contribution in [2.75, 3.05) is 0 Å². The largest absolute Gasteiger partial charge is 0.306 e. The number of nitrogens with zero attached hydrogens (tertiary/aromatic N) is 3. The zero-order valence-corrected chi connectivity index (χ0v) is 14.5. The molecular weight excluding hydrogens is 321 g/mol. The zero-order chi connectivity index (χ0) is 16.8. The van der Waals surface area contributed by atoms with Gasteiger partial charge in [-0.3, -0.25) is 0 Å². The topological polar surface area (TPSA) is 30.7 Å². The van der Waals surface area contributed by atoms with Crippen molar-refractivity contribution in [1.82, 2.24) is 14.8 Å². The molecule has 0 aliphatic carbocycles. The summed E-state index contributed by atoms with van der Waals surface area (Å²) in [5, 5.41) is 9.55. The van der Waals surface area contributed by atoms with Crippen LogP contribution >= 0.6 is 11.8 Å². The lowest BCUT2D eigenvalue weighted by molar-refractivity contribution is 0.597. The predicted octanol–water partition coefficient (Wildman–Crippen LogP) is 4.71. The number of aromatic nitrogens is 3. The summed E-state index contributed by atoms with van der Waals surface area (Å²) in [5.41, 5.74) is 1.91. The first-order valence-corrected chi connectivity index (χ1v) is 9.08. The standard InChI is InChI=1S/C19H20FN3S/c1-2-12-23-18(13-15-8-4-3-5-9-15)21-22-19(23)24-14-16-10-6-7-11-17(16)20/h3-11H,2,12-14H2,1H3. The Labute approximate surface area is 145 Å². The minimum absolute atomic E-state index is 0.170. The Morgan fingerprint density at radius 1 is 1.00 bits per heavy atom. The number of hydrogen-bond acceptors (Lipinski definition) is 3. The van der Waals surface area contributed by atoms with Gasteiger partial charge in [0.15, 0.2) is 5.16 Å². The van der Waals surface area contributed by atoms with Crippen LogP contribution in [0.2, 0.25) is 0 Å². The fraction of sp³-hybridized carbons (Fsp3) is 0.263. The number of rotatable bonds is 7. The molecule has 0 unspecified atom stereocenters. The van der Waals surface area contributed by atoms with E-state index in [2.05, 4.69) is 33.8 Å². The second-order valence-corrected chi connectivity index (χ2v) is 6.54. The van der Waals surface area contributed by atoms with Crippen LogP contribution in [0.1, 0.15) is 30.3 Å². The summed E-state index contributed by atoms with van der Waals surface area (Å²) in [7, 11) is 0. The Bertz CT molecular complexity index is 786. The lowest BCUT2D eigenvalue weighted by Crippen LogP contribution is -2.06. The Balaban J connectivity index is 1.77. The molecule has 24 heavy (non-hydrogen) atoms. The molecule has 1 aromatic heterocycles. The van der Waals surface area contributed by atoms with Gasteiger partial charge >= 0.3 is 0 Å². The predicted molar refractivity (Wildman–Crippen MR) is 95.5 cm³/mol. The minimum Gasteiger partial charge on any atom is -0.306 e. The smallest absolute Gasteiger partial charge is 0.191 e. The van der Waals surface area contributed by atoms with Crippen molar-refractivity contribution in [2.45, 2.75) is 37.2 Å². The van der Waals surface area contributed by atoms with Crippen LogP contribution in [0.15, 0.2) is 59.8 Å². The van der Waals surface area contributed by atoms with Gasteiger partial charge < -0.3 is 4.57 Å². The van der Waals surface area contributed by atoms with E-state index in [0.717, 1.165) is 30.4 Å². The lowest BCUT2D eigenvalue weighted by atomic mass is 10.1. The number of halogens is 1. The Kier molecular flexibility index (Phi) is 5.64. The van der Waals surface area contributed by atoms with Crippen LogP contribution in [0.3, 0.4) is 0 Å². The summed E-state index contributed by atoms with van der Waals surface area (Å²) >= 11 is 1.54. The maximum absolute atomic E-state index is 13.8. The first-order valence-electron chi connectivity index (χ1n) is 8.10. The maximum Gasteiger partial charge on any atom is 0.191 e. The Morgan fingerprint density at radius 2 is 1.75 bits per heavy atom. The molecule has 0 amide bonds. The van der Waals surface area contributed by atoms with Crippen molar-refractivity contribution in [3.63, 3.8) is 0 Å². The van der Waals surface area contributed by atoms with Gasteiger partial charge in [-0.25, -0.2) is 4.39 Å². The number of hydrogen-bond donors (Lipinski definition) is 0. The fourth-order valence-electron chi connectivity index (χ4n) is 2.54. The van der Waals surface area contributed by atoms with Crippen molar-refractivity contribution in [1.29, 1.82) is 0 Å². The summed E-state index contributed by atoms with van der Waals surface area (Å²) in [6.45, 7) is 3.01. The summed E-state index contributed by atoms with van der Waals surface area (Å²) in [6, 6.07) is 17.1. The average Bonchev–Trinajstić information content (AvgIpc) is 2.97. The molecule has 5 heteroatoms. The van der Waals surface area contributed by atoms with Crippen LogP contribution in [-0.4, -0.2) is 14.8 Å². The van der Waals surface area contributed by atoms with Gasteiger partial charge in [-0.15, -0.1) is 10.2 Å². The van der Waals surface area contributed by atoms with Crippen LogP contribution in [-0.2, 0) is 18.7 Å². The molecule has 0 saturated heterocycles. The summed E-state index contributed by atoms with van der Waals surface area (Å²) in [6.07, 6.45) is 1.77. The van der Waals surface area contributed by atoms with Crippen LogP contribution in [0.4, 0.5) is 4.39 Å². The van der Waals surface area contributed by atoms with E-state index in [1.54, 1.807) is 6.07 Å². The molecule has 0 bridgehead atoms. The monoisotopic (exact) mass is 341 g/mol. The first kappa shape index (κ1) is 16.7. The van der Waals surface area contributed by atoms with E-state index in [1.807, 2.05) is 30.3 Å². The van der Waals surface area contributed by atoms with Gasteiger partial charge in [0, 0.05) is 18.7 Å². The molecule has 0 radical (unpaired) electrons. The zero-order valence-electron chi connectivity index (χ0n) is 13.7. The SMILES string of the molecule is CCCn1c(Cc2ccccc2)nnc1SCc1ccccc1F. The maximum atomic E-state index is 13.8. The van der Waals surface area contributed by atoms with Gasteiger partial charge in [-0.2, -0.15) is 0 Å². The van der Waals surface area contributed by atoms with E-state index < -0.39 is 0 Å². The fourth-order valence-corrected chi connectivity index (χ4v) is 3.51. The van der Waals surface area contributed by atoms with E-state index in [9.17, 15) is 4.39 Å². The van der Waals surface area contributed by atoms with Gasteiger partial charge in [0.05, 0.1) is 0 Å². The van der Waals surface area contributed by atoms with Crippen molar-refractivity contribution >= 4 is 11.8 Å². The minimum atomic E-state index is -0.170. The molecule has 2 aromatic carbocycles. The van der Waals surface area contributed by atoms with Crippen LogP contribution in [0, 0.1) is 5.82 Å². The van der Waals surface area contributed by atoms with Gasteiger partial charge in [0.1, 0.15) is 11.6 Å². The molecule has 124 valence electrons. The lowest BCUT2D eigenvalue weighted by Gasteiger charge is -2.09. The third-order valence-corrected chi connectivity index (χ3v) is 4.78. The van der Waals surface area contributed by atoms with Gasteiger partial charge in [0.2, 0.25) is 0 Å². The quantitative estimate of drug-likeness (QED) is 0.583. The Hall–Kier alpha value is -2.14. The van der Waals surface area contributed by atoms with Crippen molar-refractivity contribution in [2.24, 2.45) is 0 Å².